The van der Waals surface area contributed by atoms with E-state index in [1.165, 1.54) is 42.3 Å². The van der Waals surface area contributed by atoms with Crippen molar-refractivity contribution in [3.8, 4) is 5.75 Å². The number of nitrogens with zero attached hydrogens (tertiary/aromatic N) is 1. The molecule has 0 spiro atoms. The molecule has 0 aromatic heterocycles. The van der Waals surface area contributed by atoms with E-state index >= 15 is 0 Å². The SMILES string of the molecule is CC(NCCN1CCSCC1)c1ccc2c(c1)CCO2. The number of hydrogen-bond acceptors (Lipinski definition) is 4. The zero-order chi connectivity index (χ0) is 13.8. The lowest BCUT2D eigenvalue weighted by molar-refractivity contribution is 0.297. The third kappa shape index (κ3) is 3.48. The van der Waals surface area contributed by atoms with Crippen LogP contribution in [0.3, 0.4) is 0 Å². The van der Waals surface area contributed by atoms with E-state index in [2.05, 4.69) is 47.1 Å². The van der Waals surface area contributed by atoms with Gasteiger partial charge in [0.25, 0.3) is 0 Å². The third-order valence-electron chi connectivity index (χ3n) is 4.20. The van der Waals surface area contributed by atoms with Crippen molar-refractivity contribution in [2.45, 2.75) is 19.4 Å². The van der Waals surface area contributed by atoms with E-state index in [1.54, 1.807) is 0 Å². The van der Waals surface area contributed by atoms with E-state index in [-0.39, 0.29) is 0 Å². The Kier molecular flexibility index (Phi) is 4.86. The van der Waals surface area contributed by atoms with Gasteiger partial charge >= 0.3 is 0 Å². The van der Waals surface area contributed by atoms with Gasteiger partial charge in [-0.3, -0.25) is 0 Å². The van der Waals surface area contributed by atoms with Crippen molar-refractivity contribution in [1.82, 2.24) is 10.2 Å². The van der Waals surface area contributed by atoms with Crippen molar-refractivity contribution in [3.63, 3.8) is 0 Å². The summed E-state index contributed by atoms with van der Waals surface area (Å²) in [6.45, 7) is 7.82. The first kappa shape index (κ1) is 14.2. The fraction of sp³-hybridized carbons (Fsp3) is 0.625. The van der Waals surface area contributed by atoms with Gasteiger partial charge < -0.3 is 15.0 Å². The van der Waals surface area contributed by atoms with Gasteiger partial charge in [0.15, 0.2) is 0 Å². The summed E-state index contributed by atoms with van der Waals surface area (Å²) in [6, 6.07) is 7.04. The van der Waals surface area contributed by atoms with Crippen LogP contribution in [-0.2, 0) is 6.42 Å². The molecular formula is C16H24N2OS. The van der Waals surface area contributed by atoms with Crippen molar-refractivity contribution in [3.05, 3.63) is 29.3 Å². The third-order valence-corrected chi connectivity index (χ3v) is 5.14. The lowest BCUT2D eigenvalue weighted by atomic mass is 10.0. The molecule has 110 valence electrons. The molecule has 1 N–H and O–H groups in total. The Morgan fingerprint density at radius 3 is 3.05 bits per heavy atom. The van der Waals surface area contributed by atoms with Gasteiger partial charge in [0.05, 0.1) is 6.61 Å². The Balaban J connectivity index is 1.47. The Morgan fingerprint density at radius 2 is 2.20 bits per heavy atom. The number of ether oxygens (including phenoxy) is 1. The Labute approximate surface area is 126 Å². The molecule has 0 radical (unpaired) electrons. The maximum Gasteiger partial charge on any atom is 0.122 e. The van der Waals surface area contributed by atoms with Gasteiger partial charge in [0.1, 0.15) is 5.75 Å². The lowest BCUT2D eigenvalue weighted by Gasteiger charge is -2.27. The van der Waals surface area contributed by atoms with Crippen LogP contribution in [0.15, 0.2) is 18.2 Å². The molecule has 0 bridgehead atoms. The van der Waals surface area contributed by atoms with E-state index in [1.807, 2.05) is 0 Å². The molecule has 4 heteroatoms. The number of hydrogen-bond donors (Lipinski definition) is 1. The minimum atomic E-state index is 0.417. The first-order valence-electron chi connectivity index (χ1n) is 7.62. The molecule has 1 aromatic rings. The Bertz CT molecular complexity index is 446. The molecule has 1 unspecified atom stereocenters. The molecular weight excluding hydrogens is 268 g/mol. The molecule has 0 aliphatic carbocycles. The summed E-state index contributed by atoms with van der Waals surface area (Å²) >= 11 is 2.07. The van der Waals surface area contributed by atoms with Crippen molar-refractivity contribution in [2.24, 2.45) is 0 Å². The van der Waals surface area contributed by atoms with Crippen LogP contribution >= 0.6 is 11.8 Å². The molecule has 2 aliphatic rings. The maximum absolute atomic E-state index is 5.56. The van der Waals surface area contributed by atoms with Crippen LogP contribution in [-0.4, -0.2) is 49.2 Å². The molecule has 2 heterocycles. The molecule has 2 aliphatic heterocycles. The highest BCUT2D eigenvalue weighted by atomic mass is 32.2. The van der Waals surface area contributed by atoms with Gasteiger partial charge in [0.2, 0.25) is 0 Å². The number of rotatable bonds is 5. The lowest BCUT2D eigenvalue weighted by Crippen LogP contribution is -2.38. The van der Waals surface area contributed by atoms with Crippen LogP contribution in [0, 0.1) is 0 Å². The van der Waals surface area contributed by atoms with Crippen molar-refractivity contribution < 1.29 is 4.74 Å². The smallest absolute Gasteiger partial charge is 0.122 e. The van der Waals surface area contributed by atoms with E-state index in [0.29, 0.717) is 6.04 Å². The largest absolute Gasteiger partial charge is 0.493 e. The van der Waals surface area contributed by atoms with E-state index in [9.17, 15) is 0 Å². The maximum atomic E-state index is 5.56. The molecule has 1 atom stereocenters. The van der Waals surface area contributed by atoms with Crippen LogP contribution in [0.1, 0.15) is 24.1 Å². The first-order valence-corrected chi connectivity index (χ1v) is 8.77. The highest BCUT2D eigenvalue weighted by Gasteiger charge is 2.15. The molecule has 3 rings (SSSR count). The predicted octanol–water partition coefficient (Wildman–Crippen LogP) is 2.32. The first-order chi connectivity index (χ1) is 9.83. The fourth-order valence-electron chi connectivity index (χ4n) is 2.86. The summed E-state index contributed by atoms with van der Waals surface area (Å²) in [5.74, 6) is 3.66. The molecule has 0 saturated carbocycles. The minimum Gasteiger partial charge on any atom is -0.493 e. The van der Waals surface area contributed by atoms with E-state index in [4.69, 9.17) is 4.74 Å². The Hall–Kier alpha value is -0.710. The van der Waals surface area contributed by atoms with Crippen LogP contribution in [0.25, 0.3) is 0 Å². The normalized spacial score (nSPS) is 20.4. The highest BCUT2D eigenvalue weighted by molar-refractivity contribution is 7.99. The van der Waals surface area contributed by atoms with Crippen LogP contribution in [0.5, 0.6) is 5.75 Å². The van der Waals surface area contributed by atoms with E-state index < -0.39 is 0 Å². The molecule has 1 aromatic carbocycles. The highest BCUT2D eigenvalue weighted by Crippen LogP contribution is 2.27. The molecule has 1 saturated heterocycles. The van der Waals surface area contributed by atoms with Crippen molar-refractivity contribution >= 4 is 11.8 Å². The second kappa shape index (κ2) is 6.83. The quantitative estimate of drug-likeness (QED) is 0.900. The van der Waals surface area contributed by atoms with Crippen molar-refractivity contribution in [1.29, 1.82) is 0 Å². The fourth-order valence-corrected chi connectivity index (χ4v) is 3.84. The second-order valence-electron chi connectivity index (χ2n) is 5.60. The molecule has 3 nitrogen and oxygen atoms in total. The summed E-state index contributed by atoms with van der Waals surface area (Å²) in [6.07, 6.45) is 1.06. The predicted molar refractivity (Wildman–Crippen MR) is 85.8 cm³/mol. The zero-order valence-corrected chi connectivity index (χ0v) is 13.0. The van der Waals surface area contributed by atoms with Gasteiger partial charge in [0, 0.05) is 50.1 Å². The average Bonchev–Trinajstić information content (AvgIpc) is 2.95. The molecule has 1 fully saturated rings. The van der Waals surface area contributed by atoms with Gasteiger partial charge in [-0.1, -0.05) is 12.1 Å². The van der Waals surface area contributed by atoms with E-state index in [0.717, 1.165) is 25.3 Å². The second-order valence-corrected chi connectivity index (χ2v) is 6.82. The average molecular weight is 292 g/mol. The Morgan fingerprint density at radius 1 is 1.35 bits per heavy atom. The standard InChI is InChI=1S/C16H24N2OS/c1-13(17-5-6-18-7-10-20-11-8-18)14-2-3-16-15(12-14)4-9-19-16/h2-3,12-13,17H,4-11H2,1H3. The summed E-state index contributed by atoms with van der Waals surface area (Å²) < 4.78 is 5.56. The summed E-state index contributed by atoms with van der Waals surface area (Å²) in [5.41, 5.74) is 2.74. The number of fused-ring (bicyclic) bond motifs is 1. The number of thioether (sulfide) groups is 1. The number of nitrogens with one attached hydrogen (secondary N) is 1. The van der Waals surface area contributed by atoms with Gasteiger partial charge in [-0.2, -0.15) is 11.8 Å². The number of benzene rings is 1. The van der Waals surface area contributed by atoms with Gasteiger partial charge in [-0.15, -0.1) is 0 Å². The van der Waals surface area contributed by atoms with Crippen molar-refractivity contribution in [2.75, 3.05) is 44.3 Å². The van der Waals surface area contributed by atoms with Crippen LogP contribution in [0.2, 0.25) is 0 Å². The monoisotopic (exact) mass is 292 g/mol. The summed E-state index contributed by atoms with van der Waals surface area (Å²) in [7, 11) is 0. The molecule has 0 amide bonds. The topological polar surface area (TPSA) is 24.5 Å². The molecule has 20 heavy (non-hydrogen) atoms. The van der Waals surface area contributed by atoms with Gasteiger partial charge in [-0.25, -0.2) is 0 Å². The van der Waals surface area contributed by atoms with Crippen LogP contribution < -0.4 is 10.1 Å². The summed E-state index contributed by atoms with van der Waals surface area (Å²) in [4.78, 5) is 2.56. The van der Waals surface area contributed by atoms with Gasteiger partial charge in [-0.05, 0) is 24.1 Å². The summed E-state index contributed by atoms with van der Waals surface area (Å²) in [5, 5.41) is 3.65. The minimum absolute atomic E-state index is 0.417. The van der Waals surface area contributed by atoms with Crippen LogP contribution in [0.4, 0.5) is 0 Å². The zero-order valence-electron chi connectivity index (χ0n) is 12.2.